The summed E-state index contributed by atoms with van der Waals surface area (Å²) in [6, 6.07) is 25.2. The molecule has 160 valence electrons. The number of alkyl halides is 1. The molecule has 3 nitrogen and oxygen atoms in total. The highest BCUT2D eigenvalue weighted by Crippen LogP contribution is 2.39. The van der Waals surface area contributed by atoms with Crippen LogP contribution in [0.3, 0.4) is 0 Å². The van der Waals surface area contributed by atoms with Crippen LogP contribution in [0, 0.1) is 19.8 Å². The van der Waals surface area contributed by atoms with Gasteiger partial charge in [0.05, 0.1) is 16.3 Å². The number of anilines is 1. The fraction of sp³-hybridized carbons (Fsp3) is 0.231. The molecule has 4 rings (SSSR count). The Bertz CT molecular complexity index is 1200. The van der Waals surface area contributed by atoms with Crippen molar-refractivity contribution in [2.24, 2.45) is 5.92 Å². The minimum atomic E-state index is -3.65. The van der Waals surface area contributed by atoms with E-state index in [9.17, 15) is 8.42 Å². The van der Waals surface area contributed by atoms with Gasteiger partial charge in [0.2, 0.25) is 9.84 Å². The molecule has 0 aromatic heterocycles. The van der Waals surface area contributed by atoms with Gasteiger partial charge in [-0.1, -0.05) is 81.7 Å². The molecule has 1 unspecified atom stereocenters. The first-order chi connectivity index (χ1) is 14.9. The van der Waals surface area contributed by atoms with E-state index in [1.54, 1.807) is 24.3 Å². The molecular weight excluding hydrogens is 470 g/mol. The lowest BCUT2D eigenvalue weighted by Crippen LogP contribution is -2.39. The maximum absolute atomic E-state index is 13.8. The highest BCUT2D eigenvalue weighted by atomic mass is 79.9. The van der Waals surface area contributed by atoms with Gasteiger partial charge in [-0.25, -0.2) is 8.42 Å². The fourth-order valence-corrected chi connectivity index (χ4v) is 6.40. The topological polar surface area (TPSA) is 37.4 Å². The molecule has 0 fully saturated rings. The van der Waals surface area contributed by atoms with Gasteiger partial charge in [-0.15, -0.1) is 0 Å². The highest BCUT2D eigenvalue weighted by molar-refractivity contribution is 9.09. The van der Waals surface area contributed by atoms with Crippen molar-refractivity contribution < 1.29 is 8.42 Å². The molecule has 3 aromatic rings. The van der Waals surface area contributed by atoms with E-state index in [1.807, 2.05) is 31.2 Å². The number of hydrogen-bond donors (Lipinski definition) is 0. The number of hydrogen-bond acceptors (Lipinski definition) is 3. The van der Waals surface area contributed by atoms with E-state index in [0.717, 1.165) is 28.9 Å². The van der Waals surface area contributed by atoms with Crippen molar-refractivity contribution >= 4 is 37.0 Å². The molecule has 1 heterocycles. The van der Waals surface area contributed by atoms with E-state index in [-0.39, 0.29) is 5.92 Å². The van der Waals surface area contributed by atoms with Crippen LogP contribution in [-0.4, -0.2) is 26.8 Å². The lowest BCUT2D eigenvalue weighted by atomic mass is 9.89. The van der Waals surface area contributed by atoms with Crippen LogP contribution in [0.15, 0.2) is 88.7 Å². The second-order valence-electron chi connectivity index (χ2n) is 8.09. The summed E-state index contributed by atoms with van der Waals surface area (Å²) in [6.45, 7) is 5.21. The summed E-state index contributed by atoms with van der Waals surface area (Å²) in [5.74, 6) is 0.0466. The Labute approximate surface area is 193 Å². The van der Waals surface area contributed by atoms with Gasteiger partial charge >= 0.3 is 0 Å². The van der Waals surface area contributed by atoms with E-state index in [2.05, 4.69) is 58.1 Å². The van der Waals surface area contributed by atoms with E-state index >= 15 is 0 Å². The highest BCUT2D eigenvalue weighted by Gasteiger charge is 2.35. The predicted molar refractivity (Wildman–Crippen MR) is 132 cm³/mol. The summed E-state index contributed by atoms with van der Waals surface area (Å²) in [5, 5.41) is 0.687. The van der Waals surface area contributed by atoms with Gasteiger partial charge in [0.25, 0.3) is 0 Å². The monoisotopic (exact) mass is 495 g/mol. The second kappa shape index (κ2) is 9.01. The first-order valence-electron chi connectivity index (χ1n) is 10.4. The van der Waals surface area contributed by atoms with Crippen LogP contribution in [0.1, 0.15) is 16.7 Å². The molecule has 3 aromatic carbocycles. The molecule has 1 atom stereocenters. The van der Waals surface area contributed by atoms with Crippen molar-refractivity contribution in [3.05, 3.63) is 100 Å². The number of aryl methyl sites for hydroxylation is 2. The Morgan fingerprint density at radius 2 is 1.61 bits per heavy atom. The summed E-state index contributed by atoms with van der Waals surface area (Å²) in [5.41, 5.74) is 5.26. The van der Waals surface area contributed by atoms with Crippen LogP contribution < -0.4 is 4.90 Å². The third-order valence-corrected chi connectivity index (χ3v) is 8.45. The standard InChI is InChI=1S/C26H26BrNO2S/c1-19-11-13-23(14-12-19)28-17-22(16-27)26(21-8-6-7-20(2)15-21)25(18-28)31(29,30)24-9-4-3-5-10-24/h3-15,22H,16-18H2,1-2H3. The molecule has 0 bridgehead atoms. The van der Waals surface area contributed by atoms with Gasteiger partial charge in [0.15, 0.2) is 0 Å². The normalized spacial score (nSPS) is 17.1. The van der Waals surface area contributed by atoms with Gasteiger partial charge in [0, 0.05) is 23.5 Å². The van der Waals surface area contributed by atoms with Crippen LogP contribution >= 0.6 is 15.9 Å². The van der Waals surface area contributed by atoms with Crippen molar-refractivity contribution in [3.8, 4) is 0 Å². The summed E-state index contributed by atoms with van der Waals surface area (Å²) >= 11 is 3.67. The third kappa shape index (κ3) is 4.48. The Balaban J connectivity index is 1.92. The number of nitrogens with zero attached hydrogens (tertiary/aromatic N) is 1. The molecule has 5 heteroatoms. The maximum Gasteiger partial charge on any atom is 0.204 e. The molecule has 31 heavy (non-hydrogen) atoms. The Morgan fingerprint density at radius 1 is 0.903 bits per heavy atom. The zero-order valence-electron chi connectivity index (χ0n) is 17.8. The zero-order chi connectivity index (χ0) is 22.0. The fourth-order valence-electron chi connectivity index (χ4n) is 4.17. The van der Waals surface area contributed by atoms with Gasteiger partial charge in [-0.2, -0.15) is 0 Å². The number of rotatable bonds is 5. The molecule has 0 amide bonds. The van der Waals surface area contributed by atoms with Crippen LogP contribution in [-0.2, 0) is 9.84 Å². The Kier molecular flexibility index (Phi) is 6.35. The zero-order valence-corrected chi connectivity index (χ0v) is 20.2. The SMILES string of the molecule is Cc1ccc(N2CC(S(=O)(=O)c3ccccc3)=C(c3cccc(C)c3)C(CBr)C2)cc1. The minimum Gasteiger partial charge on any atom is -0.366 e. The molecule has 0 N–H and O–H groups in total. The average Bonchev–Trinajstić information content (AvgIpc) is 2.79. The number of sulfone groups is 1. The Morgan fingerprint density at radius 3 is 2.26 bits per heavy atom. The molecule has 0 saturated carbocycles. The van der Waals surface area contributed by atoms with Crippen molar-refractivity contribution in [3.63, 3.8) is 0 Å². The quantitative estimate of drug-likeness (QED) is 0.406. The average molecular weight is 496 g/mol. The van der Waals surface area contributed by atoms with Crippen LogP contribution in [0.2, 0.25) is 0 Å². The number of benzene rings is 3. The van der Waals surface area contributed by atoms with E-state index in [0.29, 0.717) is 21.7 Å². The summed E-state index contributed by atoms with van der Waals surface area (Å²) < 4.78 is 27.7. The van der Waals surface area contributed by atoms with E-state index < -0.39 is 9.84 Å². The molecule has 0 saturated heterocycles. The molecule has 1 aliphatic rings. The second-order valence-corrected chi connectivity index (χ2v) is 10.7. The van der Waals surface area contributed by atoms with Gasteiger partial charge in [-0.05, 0) is 49.2 Å². The summed E-state index contributed by atoms with van der Waals surface area (Å²) in [6.07, 6.45) is 0. The van der Waals surface area contributed by atoms with Crippen molar-refractivity contribution in [1.29, 1.82) is 0 Å². The van der Waals surface area contributed by atoms with Gasteiger partial charge in [-0.3, -0.25) is 0 Å². The molecular formula is C26H26BrNO2S. The Hall–Kier alpha value is -2.37. The largest absolute Gasteiger partial charge is 0.366 e. The number of halogens is 1. The minimum absolute atomic E-state index is 0.0466. The maximum atomic E-state index is 13.8. The van der Waals surface area contributed by atoms with Crippen molar-refractivity contribution in [2.75, 3.05) is 23.3 Å². The third-order valence-electron chi connectivity index (χ3n) is 5.78. The first kappa shape index (κ1) is 21.8. The van der Waals surface area contributed by atoms with E-state index in [1.165, 1.54) is 5.56 Å². The molecule has 0 aliphatic carbocycles. The van der Waals surface area contributed by atoms with Gasteiger partial charge < -0.3 is 4.90 Å². The van der Waals surface area contributed by atoms with Gasteiger partial charge in [0.1, 0.15) is 0 Å². The van der Waals surface area contributed by atoms with Crippen molar-refractivity contribution in [2.45, 2.75) is 18.7 Å². The van der Waals surface area contributed by atoms with Crippen LogP contribution in [0.4, 0.5) is 5.69 Å². The predicted octanol–water partition coefficient (Wildman–Crippen LogP) is 6.02. The molecule has 0 spiro atoms. The van der Waals surface area contributed by atoms with E-state index in [4.69, 9.17) is 0 Å². The molecule has 1 aliphatic heterocycles. The smallest absolute Gasteiger partial charge is 0.204 e. The summed E-state index contributed by atoms with van der Waals surface area (Å²) in [7, 11) is -3.65. The van der Waals surface area contributed by atoms with Crippen molar-refractivity contribution in [1.82, 2.24) is 0 Å². The lowest BCUT2D eigenvalue weighted by Gasteiger charge is -2.37. The summed E-state index contributed by atoms with van der Waals surface area (Å²) in [4.78, 5) is 3.01. The first-order valence-corrected chi connectivity index (χ1v) is 13.0. The lowest BCUT2D eigenvalue weighted by molar-refractivity contribution is 0.596. The van der Waals surface area contributed by atoms with Crippen LogP contribution in [0.25, 0.3) is 5.57 Å². The molecule has 0 radical (unpaired) electrons. The van der Waals surface area contributed by atoms with Crippen LogP contribution in [0.5, 0.6) is 0 Å².